The number of nitrogens with one attached hydrogen (secondary N) is 2. The first kappa shape index (κ1) is 24.2. The molecule has 0 saturated heterocycles. The van der Waals surface area contributed by atoms with Gasteiger partial charge in [-0.25, -0.2) is 0 Å². The number of hydrogen-bond acceptors (Lipinski definition) is 4. The first-order valence-corrected chi connectivity index (χ1v) is 11.9. The predicted octanol–water partition coefficient (Wildman–Crippen LogP) is 4.91. The lowest BCUT2D eigenvalue weighted by molar-refractivity contribution is 0.0754. The van der Waals surface area contributed by atoms with Gasteiger partial charge in [0.25, 0.3) is 11.8 Å². The summed E-state index contributed by atoms with van der Waals surface area (Å²) in [6, 6.07) is 16.9. The topological polar surface area (TPSA) is 78.5 Å². The van der Waals surface area contributed by atoms with Gasteiger partial charge in [-0.15, -0.1) is 0 Å². The number of amides is 2. The molecule has 2 amide bonds. The maximum Gasteiger partial charge on any atom is 0.253 e. The number of hydrogen-bond donors (Lipinski definition) is 2. The molecule has 1 aliphatic carbocycles. The number of carbonyl (C=O) groups is 3. The Balaban J connectivity index is 1.63. The van der Waals surface area contributed by atoms with Crippen molar-refractivity contribution >= 4 is 29.0 Å². The fraction of sp³-hybridized carbons (Fsp3) is 0.276. The minimum atomic E-state index is -0.208. The largest absolute Gasteiger partial charge is 0.355 e. The van der Waals surface area contributed by atoms with Crippen molar-refractivity contribution in [1.29, 1.82) is 0 Å². The van der Waals surface area contributed by atoms with Gasteiger partial charge < -0.3 is 15.5 Å². The van der Waals surface area contributed by atoms with Crippen LogP contribution in [-0.2, 0) is 12.8 Å². The Morgan fingerprint density at radius 1 is 0.886 bits per heavy atom. The van der Waals surface area contributed by atoms with Crippen molar-refractivity contribution in [1.82, 2.24) is 10.2 Å². The minimum absolute atomic E-state index is 0.0236. The van der Waals surface area contributed by atoms with Gasteiger partial charge in [-0.05, 0) is 92.8 Å². The van der Waals surface area contributed by atoms with Gasteiger partial charge in [0.15, 0.2) is 5.78 Å². The number of ketones is 1. The lowest BCUT2D eigenvalue weighted by Gasteiger charge is -2.22. The molecule has 35 heavy (non-hydrogen) atoms. The number of nitrogens with zero attached hydrogens (tertiary/aromatic N) is 1. The Labute approximate surface area is 206 Å². The smallest absolute Gasteiger partial charge is 0.253 e. The molecule has 3 aromatic carbocycles. The maximum atomic E-state index is 13.4. The third kappa shape index (κ3) is 4.83. The SMILES string of the molecule is CNC(=O)c1ccc2c(c1)C(=O)c1ccc(Nc3cc(C(=O)N(C)C(C)C)ccc3C)cc1CC2. The van der Waals surface area contributed by atoms with Crippen LogP contribution < -0.4 is 10.6 Å². The molecule has 0 radical (unpaired) electrons. The van der Waals surface area contributed by atoms with Gasteiger partial charge in [0, 0.05) is 53.8 Å². The zero-order valence-corrected chi connectivity index (χ0v) is 20.9. The summed E-state index contributed by atoms with van der Waals surface area (Å²) in [5.74, 6) is -0.296. The van der Waals surface area contributed by atoms with Crippen LogP contribution in [0.4, 0.5) is 11.4 Å². The summed E-state index contributed by atoms with van der Waals surface area (Å²) in [6.45, 7) is 5.97. The average molecular weight is 470 g/mol. The van der Waals surface area contributed by atoms with Crippen LogP contribution in [0.3, 0.4) is 0 Å². The molecular formula is C29H31N3O3. The van der Waals surface area contributed by atoms with E-state index in [-0.39, 0.29) is 23.6 Å². The molecule has 180 valence electrons. The van der Waals surface area contributed by atoms with E-state index in [1.165, 1.54) is 0 Å². The second kappa shape index (κ2) is 9.74. The second-order valence-corrected chi connectivity index (χ2v) is 9.32. The molecule has 0 heterocycles. The average Bonchev–Trinajstić information content (AvgIpc) is 2.99. The van der Waals surface area contributed by atoms with E-state index in [0.29, 0.717) is 22.3 Å². The zero-order valence-electron chi connectivity index (χ0n) is 20.9. The Bertz CT molecular complexity index is 1330. The summed E-state index contributed by atoms with van der Waals surface area (Å²) in [7, 11) is 3.38. The van der Waals surface area contributed by atoms with Crippen molar-refractivity contribution in [2.45, 2.75) is 39.7 Å². The van der Waals surface area contributed by atoms with Gasteiger partial charge in [0.05, 0.1) is 0 Å². The van der Waals surface area contributed by atoms with E-state index in [4.69, 9.17) is 0 Å². The van der Waals surface area contributed by atoms with Gasteiger partial charge in [-0.2, -0.15) is 0 Å². The summed E-state index contributed by atoms with van der Waals surface area (Å²) in [6.07, 6.45) is 1.44. The molecule has 0 fully saturated rings. The summed E-state index contributed by atoms with van der Waals surface area (Å²) in [4.78, 5) is 39.9. The lowest BCUT2D eigenvalue weighted by Crippen LogP contribution is -2.32. The monoisotopic (exact) mass is 469 g/mol. The number of fused-ring (bicyclic) bond motifs is 2. The highest BCUT2D eigenvalue weighted by Gasteiger charge is 2.23. The molecule has 4 rings (SSSR count). The molecule has 0 aromatic heterocycles. The normalized spacial score (nSPS) is 12.5. The molecule has 0 atom stereocenters. The number of carbonyl (C=O) groups excluding carboxylic acids is 3. The van der Waals surface area contributed by atoms with Gasteiger partial charge in [0.2, 0.25) is 0 Å². The molecule has 6 heteroatoms. The summed E-state index contributed by atoms with van der Waals surface area (Å²) in [5, 5.41) is 6.05. The second-order valence-electron chi connectivity index (χ2n) is 9.32. The molecule has 3 aromatic rings. The molecule has 0 unspecified atom stereocenters. The van der Waals surface area contributed by atoms with Crippen LogP contribution >= 0.6 is 0 Å². The zero-order chi connectivity index (χ0) is 25.3. The van der Waals surface area contributed by atoms with E-state index in [1.54, 1.807) is 31.1 Å². The standard InChI is InChI=1S/C29H31N3O3/c1-17(2)32(5)29(35)22-7-6-18(3)26(16-22)31-23-12-13-24-20(14-23)10-8-19-9-11-21(28(34)30-4)15-25(19)27(24)33/h6-7,9,11-17,31H,8,10H2,1-5H3,(H,30,34). The van der Waals surface area contributed by atoms with Gasteiger partial charge in [-0.1, -0.05) is 12.1 Å². The Morgan fingerprint density at radius 2 is 1.60 bits per heavy atom. The fourth-order valence-corrected chi connectivity index (χ4v) is 4.29. The van der Waals surface area contributed by atoms with Crippen molar-refractivity contribution in [3.63, 3.8) is 0 Å². The van der Waals surface area contributed by atoms with Crippen molar-refractivity contribution < 1.29 is 14.4 Å². The van der Waals surface area contributed by atoms with E-state index >= 15 is 0 Å². The predicted molar refractivity (Wildman–Crippen MR) is 139 cm³/mol. The lowest BCUT2D eigenvalue weighted by atomic mass is 9.96. The van der Waals surface area contributed by atoms with Crippen LogP contribution in [0.25, 0.3) is 0 Å². The molecule has 1 aliphatic rings. The van der Waals surface area contributed by atoms with Crippen molar-refractivity contribution in [3.05, 3.63) is 93.5 Å². The molecule has 0 saturated carbocycles. The number of rotatable bonds is 5. The van der Waals surface area contributed by atoms with E-state index in [0.717, 1.165) is 40.9 Å². The third-order valence-electron chi connectivity index (χ3n) is 6.72. The van der Waals surface area contributed by atoms with Crippen LogP contribution in [-0.4, -0.2) is 42.6 Å². The van der Waals surface area contributed by atoms with Gasteiger partial charge in [-0.3, -0.25) is 14.4 Å². The van der Waals surface area contributed by atoms with Crippen molar-refractivity contribution in [2.24, 2.45) is 0 Å². The molecular weight excluding hydrogens is 438 g/mol. The highest BCUT2D eigenvalue weighted by Crippen LogP contribution is 2.30. The van der Waals surface area contributed by atoms with Crippen molar-refractivity contribution in [2.75, 3.05) is 19.4 Å². The number of anilines is 2. The molecule has 2 N–H and O–H groups in total. The Kier molecular flexibility index (Phi) is 6.74. The van der Waals surface area contributed by atoms with E-state index in [9.17, 15) is 14.4 Å². The quantitative estimate of drug-likeness (QED) is 0.557. The molecule has 0 spiro atoms. The Hall–Kier alpha value is -3.93. The molecule has 6 nitrogen and oxygen atoms in total. The maximum absolute atomic E-state index is 13.4. The van der Waals surface area contributed by atoms with Crippen LogP contribution in [0.1, 0.15) is 67.2 Å². The van der Waals surface area contributed by atoms with Crippen LogP contribution in [0.15, 0.2) is 54.6 Å². The Morgan fingerprint density at radius 3 is 2.31 bits per heavy atom. The van der Waals surface area contributed by atoms with E-state index in [2.05, 4.69) is 10.6 Å². The van der Waals surface area contributed by atoms with E-state index in [1.807, 2.05) is 63.2 Å². The third-order valence-corrected chi connectivity index (χ3v) is 6.72. The van der Waals surface area contributed by atoms with Gasteiger partial charge >= 0.3 is 0 Å². The summed E-state index contributed by atoms with van der Waals surface area (Å²) < 4.78 is 0. The summed E-state index contributed by atoms with van der Waals surface area (Å²) in [5.41, 5.74) is 6.99. The van der Waals surface area contributed by atoms with Gasteiger partial charge in [0.1, 0.15) is 0 Å². The number of benzene rings is 3. The highest BCUT2D eigenvalue weighted by molar-refractivity contribution is 6.12. The van der Waals surface area contributed by atoms with Crippen molar-refractivity contribution in [3.8, 4) is 0 Å². The summed E-state index contributed by atoms with van der Waals surface area (Å²) >= 11 is 0. The van der Waals surface area contributed by atoms with Crippen LogP contribution in [0.2, 0.25) is 0 Å². The first-order valence-electron chi connectivity index (χ1n) is 11.9. The van der Waals surface area contributed by atoms with Crippen LogP contribution in [0.5, 0.6) is 0 Å². The van der Waals surface area contributed by atoms with Crippen LogP contribution in [0, 0.1) is 6.92 Å². The highest BCUT2D eigenvalue weighted by atomic mass is 16.2. The number of aryl methyl sites for hydroxylation is 3. The minimum Gasteiger partial charge on any atom is -0.355 e. The first-order chi connectivity index (χ1) is 16.7. The molecule has 0 bridgehead atoms. The fourth-order valence-electron chi connectivity index (χ4n) is 4.29. The van der Waals surface area contributed by atoms with E-state index < -0.39 is 0 Å². The molecule has 0 aliphatic heterocycles.